The standard InChI is InChI=1S/C26H22F3N3O4S/c1-14(2)15-4-6-17(7-5-15)23(33)21-22(16-8-10-18(11-9-16)36-26(27,28)29)32(25(35)24(21)34)19-12-13-20(37-3)31-30-19/h4-14,22,33H,1-3H3. The normalized spacial score (nSPS) is 17.5. The number of carbonyl (C=O) groups excluding carboxylic acids is 2. The van der Waals surface area contributed by atoms with E-state index in [0.29, 0.717) is 10.6 Å². The molecule has 11 heteroatoms. The number of hydrogen-bond donors (Lipinski definition) is 1. The monoisotopic (exact) mass is 529 g/mol. The number of aliphatic hydroxyl groups is 1. The Morgan fingerprint density at radius 1 is 1.00 bits per heavy atom. The predicted molar refractivity (Wildman–Crippen MR) is 132 cm³/mol. The SMILES string of the molecule is CSc1ccc(N2C(=O)C(=O)C(=C(O)c3ccc(C(C)C)cc3)C2c2ccc(OC(F)(F)F)cc2)nn1. The molecule has 37 heavy (non-hydrogen) atoms. The third-order valence-corrected chi connectivity index (χ3v) is 6.44. The zero-order valence-corrected chi connectivity index (χ0v) is 20.8. The van der Waals surface area contributed by atoms with Crippen LogP contribution in [0, 0.1) is 0 Å². The molecule has 2 heterocycles. The second-order valence-electron chi connectivity index (χ2n) is 8.50. The van der Waals surface area contributed by atoms with Crippen LogP contribution in [0.15, 0.2) is 71.3 Å². The summed E-state index contributed by atoms with van der Waals surface area (Å²) in [5.74, 6) is -2.50. The van der Waals surface area contributed by atoms with Crippen molar-refractivity contribution in [3.63, 3.8) is 0 Å². The Bertz CT molecular complexity index is 1340. The molecule has 1 fully saturated rings. The first-order chi connectivity index (χ1) is 17.5. The molecule has 1 N–H and O–H groups in total. The first-order valence-corrected chi connectivity index (χ1v) is 12.4. The second-order valence-corrected chi connectivity index (χ2v) is 9.32. The fourth-order valence-corrected chi connectivity index (χ4v) is 4.29. The quantitative estimate of drug-likeness (QED) is 0.185. The number of rotatable bonds is 6. The van der Waals surface area contributed by atoms with Crippen LogP contribution in [0.25, 0.3) is 5.76 Å². The van der Waals surface area contributed by atoms with Gasteiger partial charge in [-0.3, -0.25) is 14.5 Å². The average molecular weight is 530 g/mol. The lowest BCUT2D eigenvalue weighted by atomic mass is 9.94. The molecule has 0 spiro atoms. The lowest BCUT2D eigenvalue weighted by Gasteiger charge is -2.24. The molecule has 3 aromatic rings. The number of thioether (sulfide) groups is 1. The summed E-state index contributed by atoms with van der Waals surface area (Å²) in [5, 5.41) is 19.9. The van der Waals surface area contributed by atoms with Crippen molar-refractivity contribution in [1.82, 2.24) is 10.2 Å². The van der Waals surface area contributed by atoms with Crippen molar-refractivity contribution in [1.29, 1.82) is 0 Å². The highest BCUT2D eigenvalue weighted by Crippen LogP contribution is 2.42. The van der Waals surface area contributed by atoms with Crippen LogP contribution in [0.2, 0.25) is 0 Å². The van der Waals surface area contributed by atoms with Crippen molar-refractivity contribution >= 4 is 35.0 Å². The molecule has 1 unspecified atom stereocenters. The van der Waals surface area contributed by atoms with Gasteiger partial charge in [0.1, 0.15) is 16.5 Å². The van der Waals surface area contributed by atoms with Crippen LogP contribution in [0.5, 0.6) is 5.75 Å². The summed E-state index contributed by atoms with van der Waals surface area (Å²) in [6, 6.07) is 13.6. The lowest BCUT2D eigenvalue weighted by molar-refractivity contribution is -0.274. The number of aromatic nitrogens is 2. The first kappa shape index (κ1) is 26.2. The summed E-state index contributed by atoms with van der Waals surface area (Å²) in [5.41, 5.74) is 1.37. The first-order valence-electron chi connectivity index (χ1n) is 11.1. The summed E-state index contributed by atoms with van der Waals surface area (Å²) in [4.78, 5) is 27.5. The van der Waals surface area contributed by atoms with Gasteiger partial charge in [-0.15, -0.1) is 35.1 Å². The van der Waals surface area contributed by atoms with E-state index in [1.54, 1.807) is 36.6 Å². The Balaban J connectivity index is 1.85. The van der Waals surface area contributed by atoms with E-state index >= 15 is 0 Å². The Morgan fingerprint density at radius 2 is 1.65 bits per heavy atom. The number of ketones is 1. The molecule has 4 rings (SSSR count). The molecule has 0 bridgehead atoms. The zero-order chi connectivity index (χ0) is 26.9. The van der Waals surface area contributed by atoms with Crippen molar-refractivity contribution in [3.05, 3.63) is 82.9 Å². The van der Waals surface area contributed by atoms with Gasteiger partial charge >= 0.3 is 12.3 Å². The van der Waals surface area contributed by atoms with E-state index in [2.05, 4.69) is 14.9 Å². The summed E-state index contributed by atoms with van der Waals surface area (Å²) < 4.78 is 41.9. The Kier molecular flexibility index (Phi) is 7.26. The predicted octanol–water partition coefficient (Wildman–Crippen LogP) is 5.85. The maximum Gasteiger partial charge on any atom is 0.573 e. The maximum atomic E-state index is 13.2. The van der Waals surface area contributed by atoms with Crippen LogP contribution >= 0.6 is 11.8 Å². The van der Waals surface area contributed by atoms with Crippen LogP contribution in [0.4, 0.5) is 19.0 Å². The number of carbonyl (C=O) groups is 2. The van der Waals surface area contributed by atoms with Crippen molar-refractivity contribution in [2.24, 2.45) is 0 Å². The van der Waals surface area contributed by atoms with E-state index in [0.717, 1.165) is 22.6 Å². The molecular weight excluding hydrogens is 507 g/mol. The van der Waals surface area contributed by atoms with Gasteiger partial charge in [-0.1, -0.05) is 50.2 Å². The number of aliphatic hydroxyl groups excluding tert-OH is 1. The van der Waals surface area contributed by atoms with Crippen LogP contribution in [0.3, 0.4) is 0 Å². The molecule has 1 aliphatic heterocycles. The van der Waals surface area contributed by atoms with Crippen LogP contribution in [-0.4, -0.2) is 39.6 Å². The number of benzene rings is 2. The molecule has 0 radical (unpaired) electrons. The van der Waals surface area contributed by atoms with E-state index in [1.165, 1.54) is 30.0 Å². The van der Waals surface area contributed by atoms with Gasteiger partial charge in [0.05, 0.1) is 11.6 Å². The van der Waals surface area contributed by atoms with Crippen LogP contribution < -0.4 is 9.64 Å². The molecule has 1 atom stereocenters. The van der Waals surface area contributed by atoms with E-state index < -0.39 is 35.6 Å². The van der Waals surface area contributed by atoms with Gasteiger partial charge in [0.25, 0.3) is 5.78 Å². The average Bonchev–Trinajstić information content (AvgIpc) is 3.13. The summed E-state index contributed by atoms with van der Waals surface area (Å²) in [7, 11) is 0. The molecular formula is C26H22F3N3O4S. The molecule has 2 aromatic carbocycles. The van der Waals surface area contributed by atoms with Gasteiger partial charge in [-0.25, -0.2) is 0 Å². The number of alkyl halides is 3. The number of hydrogen-bond acceptors (Lipinski definition) is 7. The third kappa shape index (κ3) is 5.46. The summed E-state index contributed by atoms with van der Waals surface area (Å²) in [6.45, 7) is 4.02. The van der Waals surface area contributed by atoms with E-state index in [4.69, 9.17) is 0 Å². The van der Waals surface area contributed by atoms with Gasteiger partial charge in [-0.05, 0) is 47.6 Å². The molecule has 1 amide bonds. The molecule has 192 valence electrons. The van der Waals surface area contributed by atoms with Crippen molar-refractivity contribution in [2.45, 2.75) is 37.2 Å². The van der Waals surface area contributed by atoms with Gasteiger partial charge in [0.2, 0.25) is 0 Å². The van der Waals surface area contributed by atoms with Gasteiger partial charge in [0.15, 0.2) is 5.82 Å². The summed E-state index contributed by atoms with van der Waals surface area (Å²) in [6.07, 6.45) is -3.09. The highest BCUT2D eigenvalue weighted by Gasteiger charge is 2.47. The minimum atomic E-state index is -4.88. The van der Waals surface area contributed by atoms with Crippen LogP contribution in [0.1, 0.15) is 42.5 Å². The lowest BCUT2D eigenvalue weighted by Crippen LogP contribution is -2.30. The topological polar surface area (TPSA) is 92.6 Å². The number of ether oxygens (including phenoxy) is 1. The number of amides is 1. The van der Waals surface area contributed by atoms with Gasteiger partial charge < -0.3 is 9.84 Å². The van der Waals surface area contributed by atoms with Crippen molar-refractivity contribution < 1.29 is 32.6 Å². The Hall–Kier alpha value is -3.86. The van der Waals surface area contributed by atoms with Gasteiger partial charge in [-0.2, -0.15) is 0 Å². The van der Waals surface area contributed by atoms with E-state index in [1.807, 2.05) is 13.8 Å². The third-order valence-electron chi connectivity index (χ3n) is 5.81. The molecule has 7 nitrogen and oxygen atoms in total. The van der Waals surface area contributed by atoms with E-state index in [-0.39, 0.29) is 22.9 Å². The molecule has 1 aliphatic rings. The van der Waals surface area contributed by atoms with E-state index in [9.17, 15) is 27.9 Å². The van der Waals surface area contributed by atoms with Gasteiger partial charge in [0, 0.05) is 5.56 Å². The molecule has 1 saturated heterocycles. The minimum Gasteiger partial charge on any atom is -0.507 e. The Labute approximate surface area is 215 Å². The fraction of sp³-hybridized carbons (Fsp3) is 0.231. The Morgan fingerprint density at radius 3 is 2.16 bits per heavy atom. The molecule has 0 aliphatic carbocycles. The number of anilines is 1. The highest BCUT2D eigenvalue weighted by atomic mass is 32.2. The van der Waals surface area contributed by atoms with Crippen molar-refractivity contribution in [2.75, 3.05) is 11.2 Å². The smallest absolute Gasteiger partial charge is 0.507 e. The second kappa shape index (κ2) is 10.3. The zero-order valence-electron chi connectivity index (χ0n) is 20.0. The summed E-state index contributed by atoms with van der Waals surface area (Å²) >= 11 is 1.33. The largest absolute Gasteiger partial charge is 0.573 e. The highest BCUT2D eigenvalue weighted by molar-refractivity contribution is 7.98. The molecule has 1 aromatic heterocycles. The number of nitrogens with zero attached hydrogens (tertiary/aromatic N) is 3. The fourth-order valence-electron chi connectivity index (χ4n) is 3.97. The maximum absolute atomic E-state index is 13.2. The number of halogens is 3. The number of Topliss-reactive ketones (excluding diaryl/α,β-unsaturated/α-hetero) is 1. The van der Waals surface area contributed by atoms with Crippen molar-refractivity contribution in [3.8, 4) is 5.75 Å². The molecule has 0 saturated carbocycles. The minimum absolute atomic E-state index is 0.0507. The van der Waals surface area contributed by atoms with Crippen LogP contribution in [-0.2, 0) is 9.59 Å².